The minimum Gasteiger partial charge on any atom is -0.508 e. The van der Waals surface area contributed by atoms with Gasteiger partial charge >= 0.3 is 0 Å². The van der Waals surface area contributed by atoms with E-state index in [0.29, 0.717) is 26.1 Å². The van der Waals surface area contributed by atoms with E-state index in [-0.39, 0.29) is 23.5 Å². The Morgan fingerprint density at radius 2 is 1.42 bits per heavy atom. The molecular formula is C30H38N4O2. The lowest BCUT2D eigenvalue weighted by atomic mass is 9.88. The topological polar surface area (TPSA) is 105 Å². The number of benzene rings is 3. The highest BCUT2D eigenvalue weighted by atomic mass is 16.3. The van der Waals surface area contributed by atoms with E-state index in [1.807, 2.05) is 29.2 Å². The zero-order valence-electron chi connectivity index (χ0n) is 20.9. The molecule has 0 heterocycles. The van der Waals surface area contributed by atoms with Crippen molar-refractivity contribution >= 4 is 11.9 Å². The summed E-state index contributed by atoms with van der Waals surface area (Å²) in [6.07, 6.45) is 4.69. The Morgan fingerprint density at radius 1 is 0.806 bits per heavy atom. The highest BCUT2D eigenvalue weighted by Gasteiger charge is 2.19. The SMILES string of the molecule is NC(N)=NCCCCCC(=O)N(CCc1ccc(O)cc1)CCC(c1ccccc1)c1ccccc1. The number of unbranched alkanes of at least 4 members (excludes halogenated alkanes) is 2. The average molecular weight is 487 g/mol. The Kier molecular flexibility index (Phi) is 10.8. The van der Waals surface area contributed by atoms with E-state index >= 15 is 0 Å². The van der Waals surface area contributed by atoms with Crippen LogP contribution in [0.15, 0.2) is 89.9 Å². The van der Waals surface area contributed by atoms with E-state index in [1.54, 1.807) is 12.1 Å². The van der Waals surface area contributed by atoms with Crippen LogP contribution in [0.25, 0.3) is 0 Å². The second-order valence-corrected chi connectivity index (χ2v) is 9.08. The summed E-state index contributed by atoms with van der Waals surface area (Å²) in [5.74, 6) is 0.755. The molecule has 190 valence electrons. The summed E-state index contributed by atoms with van der Waals surface area (Å²) in [5.41, 5.74) is 14.4. The Balaban J connectivity index is 1.66. The molecule has 6 heteroatoms. The van der Waals surface area contributed by atoms with Crippen molar-refractivity contribution in [1.29, 1.82) is 0 Å². The predicted octanol–water partition coefficient (Wildman–Crippen LogP) is 4.82. The molecule has 5 N–H and O–H groups in total. The van der Waals surface area contributed by atoms with E-state index in [2.05, 4.69) is 53.5 Å². The molecule has 36 heavy (non-hydrogen) atoms. The van der Waals surface area contributed by atoms with Gasteiger partial charge in [-0.1, -0.05) is 79.2 Å². The molecule has 0 bridgehead atoms. The molecular weight excluding hydrogens is 448 g/mol. The van der Waals surface area contributed by atoms with Crippen molar-refractivity contribution in [3.05, 3.63) is 102 Å². The molecule has 0 aliphatic heterocycles. The van der Waals surface area contributed by atoms with E-state index in [0.717, 1.165) is 37.7 Å². The first-order chi connectivity index (χ1) is 17.5. The average Bonchev–Trinajstić information content (AvgIpc) is 2.90. The number of guanidine groups is 1. The van der Waals surface area contributed by atoms with Crippen molar-refractivity contribution < 1.29 is 9.90 Å². The molecule has 6 nitrogen and oxygen atoms in total. The summed E-state index contributed by atoms with van der Waals surface area (Å²) < 4.78 is 0. The highest BCUT2D eigenvalue weighted by Crippen LogP contribution is 2.28. The molecule has 3 aromatic carbocycles. The molecule has 0 radical (unpaired) electrons. The zero-order valence-corrected chi connectivity index (χ0v) is 20.9. The molecule has 3 rings (SSSR count). The lowest BCUT2D eigenvalue weighted by Gasteiger charge is -2.26. The first-order valence-electron chi connectivity index (χ1n) is 12.7. The molecule has 0 fully saturated rings. The quantitative estimate of drug-likeness (QED) is 0.173. The van der Waals surface area contributed by atoms with Gasteiger partial charge in [0.05, 0.1) is 0 Å². The number of phenols is 1. The fourth-order valence-corrected chi connectivity index (χ4v) is 4.40. The number of nitrogens with two attached hydrogens (primary N) is 2. The molecule has 1 amide bonds. The summed E-state index contributed by atoms with van der Waals surface area (Å²) in [4.78, 5) is 19.3. The fraction of sp³-hybridized carbons (Fsp3) is 0.333. The molecule has 0 aliphatic carbocycles. The van der Waals surface area contributed by atoms with E-state index in [9.17, 15) is 9.90 Å². The van der Waals surface area contributed by atoms with E-state index < -0.39 is 0 Å². The van der Waals surface area contributed by atoms with Crippen molar-refractivity contribution in [2.24, 2.45) is 16.5 Å². The minimum absolute atomic E-state index is 0.109. The van der Waals surface area contributed by atoms with Gasteiger partial charge in [-0.2, -0.15) is 0 Å². The van der Waals surface area contributed by atoms with Crippen molar-refractivity contribution in [3.63, 3.8) is 0 Å². The van der Waals surface area contributed by atoms with Crippen LogP contribution >= 0.6 is 0 Å². The summed E-state index contributed by atoms with van der Waals surface area (Å²) in [7, 11) is 0. The van der Waals surface area contributed by atoms with Gasteiger partial charge in [0.2, 0.25) is 5.91 Å². The molecule has 0 saturated heterocycles. The Labute approximate surface area is 214 Å². The van der Waals surface area contributed by atoms with Crippen LogP contribution in [0.3, 0.4) is 0 Å². The summed E-state index contributed by atoms with van der Waals surface area (Å²) in [6.45, 7) is 1.92. The normalized spacial score (nSPS) is 10.8. The largest absolute Gasteiger partial charge is 0.508 e. The number of carbonyl (C=O) groups excluding carboxylic acids is 1. The van der Waals surface area contributed by atoms with Crippen LogP contribution in [0.2, 0.25) is 0 Å². The maximum Gasteiger partial charge on any atom is 0.222 e. The molecule has 3 aromatic rings. The predicted molar refractivity (Wildman–Crippen MR) is 147 cm³/mol. The van der Waals surface area contributed by atoms with Crippen molar-refractivity contribution in [1.82, 2.24) is 4.90 Å². The monoisotopic (exact) mass is 486 g/mol. The van der Waals surface area contributed by atoms with Crippen LogP contribution in [0.5, 0.6) is 5.75 Å². The van der Waals surface area contributed by atoms with Crippen molar-refractivity contribution in [2.45, 2.75) is 44.4 Å². The summed E-state index contributed by atoms with van der Waals surface area (Å²) in [5, 5.41) is 9.59. The van der Waals surface area contributed by atoms with Crippen LogP contribution in [0.4, 0.5) is 0 Å². The van der Waals surface area contributed by atoms with Crippen molar-refractivity contribution in [3.8, 4) is 5.75 Å². The minimum atomic E-state index is 0.109. The second-order valence-electron chi connectivity index (χ2n) is 9.08. The number of amides is 1. The molecule has 0 aromatic heterocycles. The van der Waals surface area contributed by atoms with Crippen LogP contribution in [-0.4, -0.2) is 41.5 Å². The molecule has 0 saturated carbocycles. The van der Waals surface area contributed by atoms with Crippen LogP contribution in [0.1, 0.15) is 54.7 Å². The number of phenolic OH excluding ortho intramolecular Hbond substituents is 1. The highest BCUT2D eigenvalue weighted by molar-refractivity contribution is 5.76. The van der Waals surface area contributed by atoms with E-state index in [4.69, 9.17) is 11.5 Å². The molecule has 0 unspecified atom stereocenters. The maximum absolute atomic E-state index is 13.3. The zero-order chi connectivity index (χ0) is 25.6. The van der Waals surface area contributed by atoms with Gasteiger partial charge in [0.25, 0.3) is 0 Å². The fourth-order valence-electron chi connectivity index (χ4n) is 4.40. The second kappa shape index (κ2) is 14.6. The van der Waals surface area contributed by atoms with Crippen LogP contribution in [0, 0.1) is 0 Å². The third kappa shape index (κ3) is 9.10. The number of aliphatic imine (C=N–C) groups is 1. The molecule has 0 spiro atoms. The Hall–Kier alpha value is -3.80. The maximum atomic E-state index is 13.3. The number of rotatable bonds is 14. The van der Waals surface area contributed by atoms with Crippen molar-refractivity contribution in [2.75, 3.05) is 19.6 Å². The Bertz CT molecular complexity index is 1030. The van der Waals surface area contributed by atoms with Crippen LogP contribution in [-0.2, 0) is 11.2 Å². The standard InChI is InChI=1S/C30H38N4O2/c31-30(32)33-21-9-3-8-14-29(36)34(22-19-24-15-17-27(35)18-16-24)23-20-28(25-10-4-1-5-11-25)26-12-6-2-7-13-26/h1-2,4-7,10-13,15-18,28,35H,3,8-9,14,19-23H2,(H4,31,32,33). The molecule has 0 atom stereocenters. The Morgan fingerprint density at radius 3 is 2.00 bits per heavy atom. The lowest BCUT2D eigenvalue weighted by Crippen LogP contribution is -2.34. The van der Waals surface area contributed by atoms with Gasteiger partial charge in [-0.05, 0) is 54.5 Å². The van der Waals surface area contributed by atoms with Gasteiger partial charge in [0.15, 0.2) is 5.96 Å². The van der Waals surface area contributed by atoms with Gasteiger partial charge in [-0.15, -0.1) is 0 Å². The number of nitrogens with zero attached hydrogens (tertiary/aromatic N) is 2. The first-order valence-corrected chi connectivity index (χ1v) is 12.7. The van der Waals surface area contributed by atoms with Crippen LogP contribution < -0.4 is 11.5 Å². The van der Waals surface area contributed by atoms with Gasteiger partial charge in [-0.3, -0.25) is 9.79 Å². The summed E-state index contributed by atoms with van der Waals surface area (Å²) in [6, 6.07) is 28.2. The van der Waals surface area contributed by atoms with Gasteiger partial charge in [0, 0.05) is 32.0 Å². The lowest BCUT2D eigenvalue weighted by molar-refractivity contribution is -0.131. The first kappa shape index (κ1) is 26.8. The number of carbonyl (C=O) groups is 1. The summed E-state index contributed by atoms with van der Waals surface area (Å²) >= 11 is 0. The smallest absolute Gasteiger partial charge is 0.222 e. The van der Waals surface area contributed by atoms with Gasteiger partial charge in [0.1, 0.15) is 5.75 Å². The van der Waals surface area contributed by atoms with Gasteiger partial charge < -0.3 is 21.5 Å². The number of aromatic hydroxyl groups is 1. The van der Waals surface area contributed by atoms with Gasteiger partial charge in [-0.25, -0.2) is 0 Å². The third-order valence-electron chi connectivity index (χ3n) is 6.39. The van der Waals surface area contributed by atoms with E-state index in [1.165, 1.54) is 11.1 Å². The molecule has 0 aliphatic rings. The number of hydrogen-bond acceptors (Lipinski definition) is 3. The number of hydrogen-bond donors (Lipinski definition) is 3. The third-order valence-corrected chi connectivity index (χ3v) is 6.39.